The molecule has 0 amide bonds. The number of tetrazole rings is 1. The van der Waals surface area contributed by atoms with E-state index in [1.54, 1.807) is 38.4 Å². The van der Waals surface area contributed by atoms with Crippen molar-refractivity contribution in [1.29, 1.82) is 5.26 Å². The van der Waals surface area contributed by atoms with Gasteiger partial charge in [-0.2, -0.15) is 23.6 Å². The highest BCUT2D eigenvalue weighted by Crippen LogP contribution is 2.34. The standard InChI is InChI=1S/C18H15F3N8/c1-29(2)16-8-13(18(19,20)21)7-15(24-16)11-4-3-5-14(6-11)23-10-12(9-22)17-25-27-28-26-17/h3-8,10,23H,1-2H3,(H,25,26,27,28). The zero-order chi connectivity index (χ0) is 21.0. The Morgan fingerprint density at radius 3 is 2.66 bits per heavy atom. The molecule has 0 aliphatic heterocycles. The van der Waals surface area contributed by atoms with Crippen molar-refractivity contribution in [2.45, 2.75) is 6.18 Å². The second-order valence-electron chi connectivity index (χ2n) is 6.12. The first-order valence-electron chi connectivity index (χ1n) is 8.25. The summed E-state index contributed by atoms with van der Waals surface area (Å²) in [5, 5.41) is 25.2. The van der Waals surface area contributed by atoms with Crippen molar-refractivity contribution in [2.24, 2.45) is 0 Å². The first kappa shape index (κ1) is 19.8. The van der Waals surface area contributed by atoms with Crippen LogP contribution in [-0.4, -0.2) is 39.7 Å². The highest BCUT2D eigenvalue weighted by Gasteiger charge is 2.32. The van der Waals surface area contributed by atoms with E-state index in [0.717, 1.165) is 12.1 Å². The van der Waals surface area contributed by atoms with Gasteiger partial charge in [0.25, 0.3) is 0 Å². The van der Waals surface area contributed by atoms with Crippen LogP contribution in [0.1, 0.15) is 11.4 Å². The molecule has 0 saturated carbocycles. The average molecular weight is 400 g/mol. The van der Waals surface area contributed by atoms with E-state index in [1.165, 1.54) is 11.1 Å². The second-order valence-corrected chi connectivity index (χ2v) is 6.12. The van der Waals surface area contributed by atoms with Crippen molar-refractivity contribution in [3.8, 4) is 17.3 Å². The molecular formula is C18H15F3N8. The molecule has 1 aromatic carbocycles. The van der Waals surface area contributed by atoms with Gasteiger partial charge in [0.1, 0.15) is 17.5 Å². The third kappa shape index (κ3) is 4.67. The van der Waals surface area contributed by atoms with Crippen molar-refractivity contribution >= 4 is 17.1 Å². The summed E-state index contributed by atoms with van der Waals surface area (Å²) in [6.07, 6.45) is -3.11. The fourth-order valence-corrected chi connectivity index (χ4v) is 2.40. The third-order valence-corrected chi connectivity index (χ3v) is 3.85. The monoisotopic (exact) mass is 400 g/mol. The summed E-state index contributed by atoms with van der Waals surface area (Å²) >= 11 is 0. The van der Waals surface area contributed by atoms with Crippen LogP contribution in [0.3, 0.4) is 0 Å². The number of allylic oxidation sites excluding steroid dienone is 1. The molecule has 0 fully saturated rings. The Balaban J connectivity index is 1.95. The number of nitrogens with zero attached hydrogens (tertiary/aromatic N) is 6. The van der Waals surface area contributed by atoms with Gasteiger partial charge in [-0.15, -0.1) is 10.2 Å². The van der Waals surface area contributed by atoms with Gasteiger partial charge in [0.15, 0.2) is 0 Å². The van der Waals surface area contributed by atoms with Crippen molar-refractivity contribution < 1.29 is 13.2 Å². The Morgan fingerprint density at radius 1 is 1.24 bits per heavy atom. The topological polar surface area (TPSA) is 106 Å². The number of halogens is 3. The minimum absolute atomic E-state index is 0.117. The van der Waals surface area contributed by atoms with Gasteiger partial charge in [-0.1, -0.05) is 12.1 Å². The molecule has 3 rings (SSSR count). The van der Waals surface area contributed by atoms with Gasteiger partial charge in [-0.05, 0) is 29.5 Å². The van der Waals surface area contributed by atoms with E-state index in [9.17, 15) is 18.4 Å². The van der Waals surface area contributed by atoms with E-state index < -0.39 is 11.7 Å². The third-order valence-electron chi connectivity index (χ3n) is 3.85. The van der Waals surface area contributed by atoms with Crippen LogP contribution in [0.4, 0.5) is 24.7 Å². The first-order valence-corrected chi connectivity index (χ1v) is 8.25. The molecule has 2 aromatic heterocycles. The summed E-state index contributed by atoms with van der Waals surface area (Å²) in [6.45, 7) is 0. The predicted molar refractivity (Wildman–Crippen MR) is 100 cm³/mol. The van der Waals surface area contributed by atoms with Crippen LogP contribution in [0.15, 0.2) is 42.6 Å². The van der Waals surface area contributed by atoms with Gasteiger partial charge in [0.05, 0.1) is 11.3 Å². The lowest BCUT2D eigenvalue weighted by Crippen LogP contribution is -2.14. The van der Waals surface area contributed by atoms with E-state index >= 15 is 0 Å². The Kier molecular flexibility index (Phi) is 5.45. The highest BCUT2D eigenvalue weighted by molar-refractivity contribution is 5.75. The van der Waals surface area contributed by atoms with E-state index in [2.05, 4.69) is 30.9 Å². The van der Waals surface area contributed by atoms with Crippen LogP contribution < -0.4 is 10.2 Å². The summed E-state index contributed by atoms with van der Waals surface area (Å²) in [6, 6.07) is 10.6. The molecule has 0 radical (unpaired) electrons. The molecule has 148 valence electrons. The maximum absolute atomic E-state index is 13.3. The molecule has 0 saturated heterocycles. The number of rotatable bonds is 5. The zero-order valence-corrected chi connectivity index (χ0v) is 15.4. The van der Waals surface area contributed by atoms with Gasteiger partial charge in [0, 0.05) is 31.5 Å². The molecule has 0 aliphatic rings. The van der Waals surface area contributed by atoms with Crippen molar-refractivity contribution in [2.75, 3.05) is 24.3 Å². The molecule has 0 atom stereocenters. The van der Waals surface area contributed by atoms with Crippen molar-refractivity contribution in [3.05, 3.63) is 54.0 Å². The number of hydrogen-bond acceptors (Lipinski definition) is 7. The number of hydrogen-bond donors (Lipinski definition) is 2. The predicted octanol–water partition coefficient (Wildman–Crippen LogP) is 3.32. The van der Waals surface area contributed by atoms with Crippen LogP contribution in [0.5, 0.6) is 0 Å². The normalized spacial score (nSPS) is 11.8. The molecule has 0 unspecified atom stereocenters. The Morgan fingerprint density at radius 2 is 2.03 bits per heavy atom. The molecular weight excluding hydrogens is 385 g/mol. The van der Waals surface area contributed by atoms with E-state index in [-0.39, 0.29) is 22.9 Å². The molecule has 0 spiro atoms. The SMILES string of the molecule is CN(C)c1cc(C(F)(F)F)cc(-c2cccc(NC=C(C#N)c3nn[nH]n3)c2)n1. The van der Waals surface area contributed by atoms with E-state index in [4.69, 9.17) is 0 Å². The Bertz CT molecular complexity index is 1070. The molecule has 11 heteroatoms. The summed E-state index contributed by atoms with van der Waals surface area (Å²) in [7, 11) is 3.24. The lowest BCUT2D eigenvalue weighted by Gasteiger charge is -2.16. The quantitative estimate of drug-likeness (QED) is 0.633. The number of nitrogens with one attached hydrogen (secondary N) is 2. The maximum Gasteiger partial charge on any atom is 0.416 e. The maximum atomic E-state index is 13.3. The fourth-order valence-electron chi connectivity index (χ4n) is 2.40. The summed E-state index contributed by atoms with van der Waals surface area (Å²) < 4.78 is 39.8. The molecule has 3 aromatic rings. The minimum Gasteiger partial charge on any atom is -0.363 e. The van der Waals surface area contributed by atoms with Gasteiger partial charge >= 0.3 is 6.18 Å². The number of nitriles is 1. The molecule has 0 aliphatic carbocycles. The minimum atomic E-state index is -4.49. The summed E-state index contributed by atoms with van der Waals surface area (Å²) in [5.74, 6) is 0.309. The first-order chi connectivity index (χ1) is 13.8. The highest BCUT2D eigenvalue weighted by atomic mass is 19.4. The van der Waals surface area contributed by atoms with Crippen LogP contribution in [0, 0.1) is 11.3 Å². The Labute approximate surface area is 163 Å². The molecule has 29 heavy (non-hydrogen) atoms. The lowest BCUT2D eigenvalue weighted by molar-refractivity contribution is -0.137. The number of aromatic nitrogens is 5. The molecule has 2 N–H and O–H groups in total. The molecule has 0 bridgehead atoms. The molecule has 2 heterocycles. The second kappa shape index (κ2) is 7.97. The van der Waals surface area contributed by atoms with E-state index in [0.29, 0.717) is 11.3 Å². The zero-order valence-electron chi connectivity index (χ0n) is 15.4. The van der Waals surface area contributed by atoms with Crippen LogP contribution in [-0.2, 0) is 6.18 Å². The van der Waals surface area contributed by atoms with E-state index in [1.807, 2.05) is 6.07 Å². The van der Waals surface area contributed by atoms with Gasteiger partial charge in [0.2, 0.25) is 5.82 Å². The number of benzene rings is 1. The van der Waals surface area contributed by atoms with Gasteiger partial charge in [-0.3, -0.25) is 0 Å². The number of H-pyrrole nitrogens is 1. The lowest BCUT2D eigenvalue weighted by atomic mass is 10.1. The number of anilines is 2. The molecule has 8 nitrogen and oxygen atoms in total. The summed E-state index contributed by atoms with van der Waals surface area (Å²) in [4.78, 5) is 5.82. The van der Waals surface area contributed by atoms with Crippen LogP contribution in [0.2, 0.25) is 0 Å². The Hall–Kier alpha value is -3.94. The van der Waals surface area contributed by atoms with Crippen molar-refractivity contribution in [3.63, 3.8) is 0 Å². The van der Waals surface area contributed by atoms with Crippen molar-refractivity contribution in [1.82, 2.24) is 25.6 Å². The number of alkyl halides is 3. The smallest absolute Gasteiger partial charge is 0.363 e. The van der Waals surface area contributed by atoms with Crippen LogP contribution in [0.25, 0.3) is 16.8 Å². The number of pyridine rings is 1. The fraction of sp³-hybridized carbons (Fsp3) is 0.167. The number of aromatic amines is 1. The average Bonchev–Trinajstić information content (AvgIpc) is 3.22. The summed E-state index contributed by atoms with van der Waals surface area (Å²) in [5.41, 5.74) is 0.555. The largest absolute Gasteiger partial charge is 0.416 e. The van der Waals surface area contributed by atoms with Gasteiger partial charge in [-0.25, -0.2) is 4.98 Å². The van der Waals surface area contributed by atoms with Gasteiger partial charge < -0.3 is 10.2 Å². The van der Waals surface area contributed by atoms with Crippen LogP contribution >= 0.6 is 0 Å².